The summed E-state index contributed by atoms with van der Waals surface area (Å²) in [5.41, 5.74) is 8.45. The topological polar surface area (TPSA) is 38.5 Å². The third-order valence-electron chi connectivity index (χ3n) is 3.81. The Bertz CT molecular complexity index is 617. The Kier molecular flexibility index (Phi) is 4.46. The predicted octanol–water partition coefficient (Wildman–Crippen LogP) is 3.74. The van der Waals surface area contributed by atoms with Gasteiger partial charge in [-0.3, -0.25) is 0 Å². The molecule has 0 saturated carbocycles. The molecule has 0 spiro atoms. The van der Waals surface area contributed by atoms with E-state index >= 15 is 0 Å². The van der Waals surface area contributed by atoms with E-state index in [1.165, 1.54) is 5.56 Å². The summed E-state index contributed by atoms with van der Waals surface area (Å²) in [5.74, 6) is 0.948. The van der Waals surface area contributed by atoms with Crippen LogP contribution < -0.4 is 15.4 Å². The number of benzene rings is 2. The van der Waals surface area contributed by atoms with E-state index in [0.29, 0.717) is 6.54 Å². The van der Waals surface area contributed by atoms with Crippen LogP contribution in [-0.4, -0.2) is 19.7 Å². The second kappa shape index (κ2) is 6.50. The molecule has 1 aliphatic rings. The van der Waals surface area contributed by atoms with Crippen molar-refractivity contribution in [2.75, 3.05) is 24.6 Å². The fourth-order valence-corrected chi connectivity index (χ4v) is 3.25. The fraction of sp³-hybridized carbons (Fsp3) is 0.294. The summed E-state index contributed by atoms with van der Waals surface area (Å²) in [6.07, 6.45) is 0.999. The van der Waals surface area contributed by atoms with Crippen LogP contribution in [-0.2, 0) is 0 Å². The predicted molar refractivity (Wildman–Crippen MR) is 89.8 cm³/mol. The van der Waals surface area contributed by atoms with Crippen molar-refractivity contribution in [1.29, 1.82) is 0 Å². The zero-order chi connectivity index (χ0) is 14.7. The highest BCUT2D eigenvalue weighted by molar-refractivity contribution is 9.10. The van der Waals surface area contributed by atoms with Gasteiger partial charge in [0.15, 0.2) is 0 Å². The minimum atomic E-state index is 0.158. The smallest absolute Gasteiger partial charge is 0.142 e. The first-order chi connectivity index (χ1) is 10.3. The number of hydrogen-bond donors (Lipinski definition) is 1. The van der Waals surface area contributed by atoms with Crippen molar-refractivity contribution < 1.29 is 4.74 Å². The Labute approximate surface area is 133 Å². The SMILES string of the molecule is NCC(c1cccc(Br)c1)N1CCCOc2ccccc21. The van der Waals surface area contributed by atoms with E-state index in [4.69, 9.17) is 10.5 Å². The Hall–Kier alpha value is -1.52. The van der Waals surface area contributed by atoms with Crippen LogP contribution in [0.2, 0.25) is 0 Å². The number of rotatable bonds is 3. The number of para-hydroxylation sites is 2. The number of nitrogens with two attached hydrogens (primary N) is 1. The molecule has 110 valence electrons. The molecule has 0 saturated heterocycles. The van der Waals surface area contributed by atoms with E-state index < -0.39 is 0 Å². The number of nitrogens with zero attached hydrogens (tertiary/aromatic N) is 1. The number of fused-ring (bicyclic) bond motifs is 1. The first-order valence-electron chi connectivity index (χ1n) is 7.23. The molecule has 3 rings (SSSR count). The Morgan fingerprint density at radius 1 is 1.19 bits per heavy atom. The summed E-state index contributed by atoms with van der Waals surface area (Å²) in [6, 6.07) is 16.7. The lowest BCUT2D eigenvalue weighted by Gasteiger charge is -2.32. The minimum absolute atomic E-state index is 0.158. The van der Waals surface area contributed by atoms with Crippen LogP contribution in [0.15, 0.2) is 53.0 Å². The largest absolute Gasteiger partial charge is 0.491 e. The van der Waals surface area contributed by atoms with E-state index in [1.807, 2.05) is 18.2 Å². The van der Waals surface area contributed by atoms with Crippen molar-refractivity contribution in [1.82, 2.24) is 0 Å². The molecule has 0 aromatic heterocycles. The molecule has 0 bridgehead atoms. The molecule has 0 fully saturated rings. The van der Waals surface area contributed by atoms with Gasteiger partial charge in [0.2, 0.25) is 0 Å². The minimum Gasteiger partial charge on any atom is -0.491 e. The summed E-state index contributed by atoms with van der Waals surface area (Å²) >= 11 is 3.55. The maximum atomic E-state index is 6.10. The molecule has 3 nitrogen and oxygen atoms in total. The van der Waals surface area contributed by atoms with Crippen molar-refractivity contribution in [3.05, 3.63) is 58.6 Å². The molecule has 2 N–H and O–H groups in total. The van der Waals surface area contributed by atoms with Crippen LogP contribution in [0, 0.1) is 0 Å². The van der Waals surface area contributed by atoms with Gasteiger partial charge in [0.1, 0.15) is 5.75 Å². The van der Waals surface area contributed by atoms with Gasteiger partial charge in [-0.15, -0.1) is 0 Å². The third-order valence-corrected chi connectivity index (χ3v) is 4.30. The van der Waals surface area contributed by atoms with Gasteiger partial charge in [0.25, 0.3) is 0 Å². The molecule has 21 heavy (non-hydrogen) atoms. The molecule has 1 aliphatic heterocycles. The van der Waals surface area contributed by atoms with Crippen LogP contribution in [0.4, 0.5) is 5.69 Å². The van der Waals surface area contributed by atoms with Crippen molar-refractivity contribution in [2.45, 2.75) is 12.5 Å². The molecule has 1 unspecified atom stereocenters. The average molecular weight is 347 g/mol. The van der Waals surface area contributed by atoms with Crippen LogP contribution in [0.25, 0.3) is 0 Å². The number of hydrogen-bond acceptors (Lipinski definition) is 3. The Morgan fingerprint density at radius 2 is 2.05 bits per heavy atom. The molecule has 1 heterocycles. The van der Waals surface area contributed by atoms with Crippen molar-refractivity contribution >= 4 is 21.6 Å². The fourth-order valence-electron chi connectivity index (χ4n) is 2.83. The van der Waals surface area contributed by atoms with E-state index in [1.54, 1.807) is 0 Å². The lowest BCUT2D eigenvalue weighted by molar-refractivity contribution is 0.322. The number of ether oxygens (including phenoxy) is 1. The lowest BCUT2D eigenvalue weighted by atomic mass is 10.0. The van der Waals surface area contributed by atoms with E-state index in [9.17, 15) is 0 Å². The van der Waals surface area contributed by atoms with Gasteiger partial charge >= 0.3 is 0 Å². The van der Waals surface area contributed by atoms with E-state index in [0.717, 1.165) is 35.5 Å². The van der Waals surface area contributed by atoms with E-state index in [-0.39, 0.29) is 6.04 Å². The van der Waals surface area contributed by atoms with Crippen LogP contribution in [0.3, 0.4) is 0 Å². The molecule has 1 atom stereocenters. The highest BCUT2D eigenvalue weighted by Gasteiger charge is 2.24. The monoisotopic (exact) mass is 346 g/mol. The van der Waals surface area contributed by atoms with Gasteiger partial charge in [-0.1, -0.05) is 40.2 Å². The zero-order valence-corrected chi connectivity index (χ0v) is 13.4. The normalized spacial score (nSPS) is 15.8. The quantitative estimate of drug-likeness (QED) is 0.919. The second-order valence-electron chi connectivity index (χ2n) is 5.17. The molecule has 0 aliphatic carbocycles. The van der Waals surface area contributed by atoms with Crippen molar-refractivity contribution in [3.8, 4) is 5.75 Å². The van der Waals surface area contributed by atoms with Crippen molar-refractivity contribution in [3.63, 3.8) is 0 Å². The summed E-state index contributed by atoms with van der Waals surface area (Å²) in [7, 11) is 0. The standard InChI is InChI=1S/C17H19BrN2O/c18-14-6-3-5-13(11-14)16(12-19)20-9-4-10-21-17-8-2-1-7-15(17)20/h1-3,5-8,11,16H,4,9-10,12,19H2. The van der Waals surface area contributed by atoms with Gasteiger partial charge in [-0.25, -0.2) is 0 Å². The molecule has 4 heteroatoms. The molecule has 2 aromatic rings. The summed E-state index contributed by atoms with van der Waals surface area (Å²) < 4.78 is 6.92. The Morgan fingerprint density at radius 3 is 2.86 bits per heavy atom. The zero-order valence-electron chi connectivity index (χ0n) is 11.8. The van der Waals surface area contributed by atoms with Crippen molar-refractivity contribution in [2.24, 2.45) is 5.73 Å². The lowest BCUT2D eigenvalue weighted by Crippen LogP contribution is -2.34. The molecule has 0 amide bonds. The average Bonchev–Trinajstić information content (AvgIpc) is 2.71. The Balaban J connectivity index is 2.00. The number of halogens is 1. The first-order valence-corrected chi connectivity index (χ1v) is 8.03. The summed E-state index contributed by atoms with van der Waals surface area (Å²) in [6.45, 7) is 2.28. The van der Waals surface area contributed by atoms with Crippen LogP contribution in [0.5, 0.6) is 5.75 Å². The highest BCUT2D eigenvalue weighted by Crippen LogP contribution is 2.36. The first kappa shape index (κ1) is 14.4. The molecular weight excluding hydrogens is 328 g/mol. The van der Waals surface area contributed by atoms with Crippen LogP contribution in [0.1, 0.15) is 18.0 Å². The molecule has 2 aromatic carbocycles. The second-order valence-corrected chi connectivity index (χ2v) is 6.09. The number of anilines is 1. The summed E-state index contributed by atoms with van der Waals surface area (Å²) in [4.78, 5) is 2.37. The molecule has 0 radical (unpaired) electrons. The highest BCUT2D eigenvalue weighted by atomic mass is 79.9. The van der Waals surface area contributed by atoms with Gasteiger partial charge < -0.3 is 15.4 Å². The van der Waals surface area contributed by atoms with Gasteiger partial charge in [0.05, 0.1) is 18.3 Å². The maximum absolute atomic E-state index is 6.10. The van der Waals surface area contributed by atoms with Crippen LogP contribution >= 0.6 is 15.9 Å². The van der Waals surface area contributed by atoms with Gasteiger partial charge in [0, 0.05) is 17.6 Å². The van der Waals surface area contributed by atoms with E-state index in [2.05, 4.69) is 51.2 Å². The van der Waals surface area contributed by atoms with Gasteiger partial charge in [-0.05, 0) is 36.2 Å². The maximum Gasteiger partial charge on any atom is 0.142 e. The third kappa shape index (κ3) is 3.06. The molecular formula is C17H19BrN2O. The summed E-state index contributed by atoms with van der Waals surface area (Å²) in [5, 5.41) is 0. The van der Waals surface area contributed by atoms with Gasteiger partial charge in [-0.2, -0.15) is 0 Å².